The Balaban J connectivity index is 1.98. The highest BCUT2D eigenvalue weighted by Gasteiger charge is 2.48. The van der Waals surface area contributed by atoms with Gasteiger partial charge in [0.05, 0.1) is 18.3 Å². The van der Waals surface area contributed by atoms with Crippen LogP contribution in [0.3, 0.4) is 0 Å². The Morgan fingerprint density at radius 1 is 1.50 bits per heavy atom. The number of ether oxygens (including phenoxy) is 1. The van der Waals surface area contributed by atoms with Crippen LogP contribution in [0.25, 0.3) is 0 Å². The van der Waals surface area contributed by atoms with Crippen LogP contribution < -0.4 is 0 Å². The maximum atomic E-state index is 9.31. The van der Waals surface area contributed by atoms with Crippen molar-refractivity contribution in [3.63, 3.8) is 0 Å². The highest BCUT2D eigenvalue weighted by atomic mass is 16.5. The van der Waals surface area contributed by atoms with Gasteiger partial charge >= 0.3 is 0 Å². The predicted octanol–water partition coefficient (Wildman–Crippen LogP) is 0.936. The molecule has 2 rings (SSSR count). The Bertz CT molecular complexity index is 140. The molecule has 1 N–H and O–H groups in total. The molecule has 1 unspecified atom stereocenters. The summed E-state index contributed by atoms with van der Waals surface area (Å²) in [6, 6.07) is 0. The number of rotatable bonds is 0. The summed E-state index contributed by atoms with van der Waals surface area (Å²) >= 11 is 0. The van der Waals surface area contributed by atoms with E-state index in [9.17, 15) is 5.11 Å². The van der Waals surface area contributed by atoms with Gasteiger partial charge in [-0.1, -0.05) is 6.92 Å². The second-order valence-electron chi connectivity index (χ2n) is 3.74. The van der Waals surface area contributed by atoms with Crippen LogP contribution in [-0.4, -0.2) is 23.4 Å². The SMILES string of the molecule is CC1CC2(CC2)OC[C@@H]1O. The maximum absolute atomic E-state index is 9.31. The quantitative estimate of drug-likeness (QED) is 0.545. The van der Waals surface area contributed by atoms with Gasteiger partial charge in [-0.25, -0.2) is 0 Å². The van der Waals surface area contributed by atoms with Gasteiger partial charge in [-0.05, 0) is 25.2 Å². The number of hydrogen-bond donors (Lipinski definition) is 1. The van der Waals surface area contributed by atoms with E-state index in [2.05, 4.69) is 6.92 Å². The molecule has 2 aliphatic rings. The minimum atomic E-state index is -0.216. The van der Waals surface area contributed by atoms with Gasteiger partial charge in [0.2, 0.25) is 0 Å². The third kappa shape index (κ3) is 0.956. The zero-order valence-corrected chi connectivity index (χ0v) is 6.34. The van der Waals surface area contributed by atoms with Crippen molar-refractivity contribution < 1.29 is 9.84 Å². The lowest BCUT2D eigenvalue weighted by Gasteiger charge is -2.31. The van der Waals surface area contributed by atoms with E-state index in [1.807, 2.05) is 0 Å². The molecule has 0 aromatic rings. The van der Waals surface area contributed by atoms with Crippen LogP contribution in [0, 0.1) is 5.92 Å². The first-order valence-corrected chi connectivity index (χ1v) is 4.04. The van der Waals surface area contributed by atoms with Crippen molar-refractivity contribution >= 4 is 0 Å². The van der Waals surface area contributed by atoms with Gasteiger partial charge in [-0.2, -0.15) is 0 Å². The van der Waals surface area contributed by atoms with Crippen molar-refractivity contribution in [1.29, 1.82) is 0 Å². The van der Waals surface area contributed by atoms with Crippen LogP contribution in [0.2, 0.25) is 0 Å². The van der Waals surface area contributed by atoms with Crippen molar-refractivity contribution in [3.8, 4) is 0 Å². The molecule has 0 aromatic heterocycles. The first-order valence-electron chi connectivity index (χ1n) is 4.04. The van der Waals surface area contributed by atoms with E-state index in [-0.39, 0.29) is 11.7 Å². The Hall–Kier alpha value is -0.0800. The third-order valence-corrected chi connectivity index (χ3v) is 2.72. The average molecular weight is 142 g/mol. The molecule has 0 aromatic carbocycles. The standard InChI is InChI=1S/C8H14O2/c1-6-4-8(2-3-8)10-5-7(6)9/h6-7,9H,2-5H2,1H3/t6?,7-/m0/s1. The van der Waals surface area contributed by atoms with Crippen LogP contribution in [0.1, 0.15) is 26.2 Å². The van der Waals surface area contributed by atoms with E-state index >= 15 is 0 Å². The van der Waals surface area contributed by atoms with Crippen LogP contribution in [0.4, 0.5) is 0 Å². The topological polar surface area (TPSA) is 29.5 Å². The van der Waals surface area contributed by atoms with Gasteiger partial charge in [-0.3, -0.25) is 0 Å². The molecule has 1 aliphatic carbocycles. The summed E-state index contributed by atoms with van der Waals surface area (Å²) in [5.74, 6) is 0.441. The fraction of sp³-hybridized carbons (Fsp3) is 1.00. The molecule has 1 saturated heterocycles. The summed E-state index contributed by atoms with van der Waals surface area (Å²) in [7, 11) is 0. The van der Waals surface area contributed by atoms with E-state index in [4.69, 9.17) is 4.74 Å². The highest BCUT2D eigenvalue weighted by molar-refractivity contribution is 5.00. The van der Waals surface area contributed by atoms with Crippen LogP contribution in [0.5, 0.6) is 0 Å². The van der Waals surface area contributed by atoms with Crippen molar-refractivity contribution in [2.75, 3.05) is 6.61 Å². The summed E-state index contributed by atoms with van der Waals surface area (Å²) in [6.45, 7) is 2.66. The first-order chi connectivity index (χ1) is 4.72. The fourth-order valence-corrected chi connectivity index (χ4v) is 1.70. The highest BCUT2D eigenvalue weighted by Crippen LogP contribution is 2.47. The van der Waals surface area contributed by atoms with Crippen LogP contribution in [0.15, 0.2) is 0 Å². The van der Waals surface area contributed by atoms with E-state index in [1.165, 1.54) is 12.8 Å². The van der Waals surface area contributed by atoms with Crippen LogP contribution >= 0.6 is 0 Å². The van der Waals surface area contributed by atoms with Gasteiger partial charge in [0.1, 0.15) is 0 Å². The number of aliphatic hydroxyl groups excluding tert-OH is 1. The normalized spacial score (nSPS) is 43.8. The molecule has 0 amide bonds. The molecule has 0 radical (unpaired) electrons. The lowest BCUT2D eigenvalue weighted by atomic mass is 9.94. The molecule has 1 heterocycles. The monoisotopic (exact) mass is 142 g/mol. The van der Waals surface area contributed by atoms with Crippen molar-refractivity contribution in [3.05, 3.63) is 0 Å². The second kappa shape index (κ2) is 1.95. The largest absolute Gasteiger partial charge is 0.390 e. The first kappa shape index (κ1) is 6.62. The maximum Gasteiger partial charge on any atom is 0.0800 e. The van der Waals surface area contributed by atoms with E-state index in [1.54, 1.807) is 0 Å². The molecule has 0 bridgehead atoms. The lowest BCUT2D eigenvalue weighted by molar-refractivity contribution is -0.0970. The van der Waals surface area contributed by atoms with Gasteiger partial charge in [-0.15, -0.1) is 0 Å². The zero-order chi connectivity index (χ0) is 7.19. The van der Waals surface area contributed by atoms with E-state index in [0.29, 0.717) is 12.5 Å². The molecular weight excluding hydrogens is 128 g/mol. The molecule has 2 atom stereocenters. The molecule has 58 valence electrons. The zero-order valence-electron chi connectivity index (χ0n) is 6.34. The summed E-state index contributed by atoms with van der Waals surface area (Å²) in [4.78, 5) is 0. The number of aliphatic hydroxyl groups is 1. The Labute approximate surface area is 61.2 Å². The summed E-state index contributed by atoms with van der Waals surface area (Å²) < 4.78 is 5.51. The van der Waals surface area contributed by atoms with Gasteiger partial charge in [0, 0.05) is 0 Å². The summed E-state index contributed by atoms with van der Waals surface area (Å²) in [5, 5.41) is 9.31. The molecule has 1 saturated carbocycles. The lowest BCUT2D eigenvalue weighted by Crippen LogP contribution is -2.37. The predicted molar refractivity (Wildman–Crippen MR) is 37.7 cm³/mol. The third-order valence-electron chi connectivity index (χ3n) is 2.72. The summed E-state index contributed by atoms with van der Waals surface area (Å²) in [5.41, 5.74) is 0.221. The van der Waals surface area contributed by atoms with Gasteiger partial charge < -0.3 is 9.84 Å². The molecular formula is C8H14O2. The summed E-state index contributed by atoms with van der Waals surface area (Å²) in [6.07, 6.45) is 3.27. The Morgan fingerprint density at radius 2 is 2.20 bits per heavy atom. The second-order valence-corrected chi connectivity index (χ2v) is 3.74. The van der Waals surface area contributed by atoms with E-state index in [0.717, 1.165) is 6.42 Å². The molecule has 10 heavy (non-hydrogen) atoms. The van der Waals surface area contributed by atoms with Crippen molar-refractivity contribution in [2.45, 2.75) is 37.9 Å². The Kier molecular flexibility index (Phi) is 1.29. The van der Waals surface area contributed by atoms with Crippen molar-refractivity contribution in [2.24, 2.45) is 5.92 Å². The smallest absolute Gasteiger partial charge is 0.0800 e. The minimum Gasteiger partial charge on any atom is -0.390 e. The fourth-order valence-electron chi connectivity index (χ4n) is 1.70. The minimum absolute atomic E-state index is 0.216. The van der Waals surface area contributed by atoms with Crippen molar-refractivity contribution in [1.82, 2.24) is 0 Å². The van der Waals surface area contributed by atoms with E-state index < -0.39 is 0 Å². The number of hydrogen-bond acceptors (Lipinski definition) is 2. The molecule has 1 aliphatic heterocycles. The molecule has 2 fully saturated rings. The van der Waals surface area contributed by atoms with Crippen LogP contribution in [-0.2, 0) is 4.74 Å². The molecule has 1 spiro atoms. The molecule has 2 nitrogen and oxygen atoms in total. The van der Waals surface area contributed by atoms with Gasteiger partial charge in [0.25, 0.3) is 0 Å². The van der Waals surface area contributed by atoms with Gasteiger partial charge in [0.15, 0.2) is 0 Å². The Morgan fingerprint density at radius 3 is 2.70 bits per heavy atom. The molecule has 2 heteroatoms. The average Bonchev–Trinajstić information content (AvgIpc) is 2.62.